The van der Waals surface area contributed by atoms with E-state index in [1.165, 1.54) is 0 Å². The molecule has 1 amide bonds. The van der Waals surface area contributed by atoms with Gasteiger partial charge in [0.1, 0.15) is 6.04 Å². The zero-order chi connectivity index (χ0) is 14.3. The molecule has 106 valence electrons. The van der Waals surface area contributed by atoms with E-state index < -0.39 is 0 Å². The molecule has 2 atom stereocenters. The van der Waals surface area contributed by atoms with Crippen LogP contribution < -0.4 is 5.32 Å². The molecule has 4 nitrogen and oxygen atoms in total. The lowest BCUT2D eigenvalue weighted by molar-refractivity contribution is -0.126. The largest absolute Gasteiger partial charge is 0.396 e. The Morgan fingerprint density at radius 1 is 1.37 bits per heavy atom. The number of rotatable bonds is 7. The highest BCUT2D eigenvalue weighted by molar-refractivity contribution is 5.83. The van der Waals surface area contributed by atoms with E-state index in [2.05, 4.69) is 5.32 Å². The van der Waals surface area contributed by atoms with Crippen molar-refractivity contribution in [1.82, 2.24) is 10.2 Å². The fraction of sp³-hybridized carbons (Fsp3) is 0.533. The average molecular weight is 264 g/mol. The van der Waals surface area contributed by atoms with Gasteiger partial charge < -0.3 is 10.4 Å². The van der Waals surface area contributed by atoms with Gasteiger partial charge in [-0.25, -0.2) is 0 Å². The highest BCUT2D eigenvalue weighted by Gasteiger charge is 2.24. The molecule has 0 aliphatic carbocycles. The molecule has 0 saturated heterocycles. The van der Waals surface area contributed by atoms with Crippen LogP contribution in [0.25, 0.3) is 0 Å². The molecule has 1 aromatic rings. The molecule has 0 heterocycles. The molecule has 0 aliphatic heterocycles. The number of likely N-dealkylation sites (N-methyl/N-ethyl adjacent to an activating group) is 1. The van der Waals surface area contributed by atoms with Crippen LogP contribution in [0.4, 0.5) is 0 Å². The van der Waals surface area contributed by atoms with Crippen LogP contribution in [0, 0.1) is 0 Å². The monoisotopic (exact) mass is 264 g/mol. The number of amides is 1. The van der Waals surface area contributed by atoms with Gasteiger partial charge in [-0.3, -0.25) is 9.69 Å². The van der Waals surface area contributed by atoms with Gasteiger partial charge in [-0.1, -0.05) is 37.3 Å². The lowest BCUT2D eigenvalue weighted by Crippen LogP contribution is -2.42. The van der Waals surface area contributed by atoms with Crippen LogP contribution in [0.3, 0.4) is 0 Å². The summed E-state index contributed by atoms with van der Waals surface area (Å²) in [5.41, 5.74) is 0.987. The Labute approximate surface area is 115 Å². The molecule has 0 aliphatic rings. The minimum Gasteiger partial charge on any atom is -0.396 e. The Kier molecular flexibility index (Phi) is 6.53. The molecule has 1 unspecified atom stereocenters. The van der Waals surface area contributed by atoms with Crippen molar-refractivity contribution in [2.45, 2.75) is 32.4 Å². The number of carbonyl (C=O) groups is 1. The molecule has 4 heteroatoms. The third-order valence-electron chi connectivity index (χ3n) is 3.25. The van der Waals surface area contributed by atoms with Gasteiger partial charge >= 0.3 is 0 Å². The van der Waals surface area contributed by atoms with E-state index in [9.17, 15) is 4.79 Å². The van der Waals surface area contributed by atoms with E-state index in [-0.39, 0.29) is 24.6 Å². The van der Waals surface area contributed by atoms with Crippen molar-refractivity contribution in [2.24, 2.45) is 0 Å². The van der Waals surface area contributed by atoms with E-state index >= 15 is 0 Å². The maximum atomic E-state index is 12.4. The number of aliphatic hydroxyl groups is 1. The van der Waals surface area contributed by atoms with Crippen molar-refractivity contribution < 1.29 is 9.90 Å². The maximum Gasteiger partial charge on any atom is 0.242 e. The highest BCUT2D eigenvalue weighted by atomic mass is 16.3. The fourth-order valence-corrected chi connectivity index (χ4v) is 2.01. The first-order valence-electron chi connectivity index (χ1n) is 6.76. The lowest BCUT2D eigenvalue weighted by atomic mass is 10.0. The van der Waals surface area contributed by atoms with Gasteiger partial charge in [-0.15, -0.1) is 0 Å². The molecule has 0 radical (unpaired) electrons. The summed E-state index contributed by atoms with van der Waals surface area (Å²) in [5.74, 6) is -0.0171. The molecule has 19 heavy (non-hydrogen) atoms. The summed E-state index contributed by atoms with van der Waals surface area (Å²) in [6.45, 7) is 4.81. The number of hydrogen-bond donors (Lipinski definition) is 2. The molecule has 2 N–H and O–H groups in total. The molecule has 0 aromatic heterocycles. The first-order chi connectivity index (χ1) is 9.10. The summed E-state index contributed by atoms with van der Waals surface area (Å²) in [4.78, 5) is 14.4. The summed E-state index contributed by atoms with van der Waals surface area (Å²) in [6, 6.07) is 9.45. The second kappa shape index (κ2) is 7.92. The number of aliphatic hydroxyl groups excluding tert-OH is 1. The molecule has 0 bridgehead atoms. The standard InChI is InChI=1S/C15H24N2O2/c1-4-17(3)14(13-8-6-5-7-9-13)15(19)16-12(2)10-11-18/h5-9,12,14,18H,4,10-11H2,1-3H3,(H,16,19)/t12-,14?/m1/s1. The Morgan fingerprint density at radius 2 is 2.00 bits per heavy atom. The van der Waals surface area contributed by atoms with Crippen molar-refractivity contribution in [3.8, 4) is 0 Å². The van der Waals surface area contributed by atoms with Crippen LogP contribution >= 0.6 is 0 Å². The van der Waals surface area contributed by atoms with E-state index in [0.29, 0.717) is 6.42 Å². The number of nitrogens with zero attached hydrogens (tertiary/aromatic N) is 1. The summed E-state index contributed by atoms with van der Waals surface area (Å²) < 4.78 is 0. The van der Waals surface area contributed by atoms with Crippen LogP contribution in [0.2, 0.25) is 0 Å². The maximum absolute atomic E-state index is 12.4. The Hall–Kier alpha value is -1.39. The van der Waals surface area contributed by atoms with Crippen LogP contribution in [-0.2, 0) is 4.79 Å². The smallest absolute Gasteiger partial charge is 0.242 e. The first-order valence-corrected chi connectivity index (χ1v) is 6.76. The van der Waals surface area contributed by atoms with E-state index in [0.717, 1.165) is 12.1 Å². The van der Waals surface area contributed by atoms with Crippen LogP contribution in [-0.4, -0.2) is 42.2 Å². The first kappa shape index (κ1) is 15.7. The third-order valence-corrected chi connectivity index (χ3v) is 3.25. The predicted molar refractivity (Wildman–Crippen MR) is 76.8 cm³/mol. The average Bonchev–Trinajstić information content (AvgIpc) is 2.40. The highest BCUT2D eigenvalue weighted by Crippen LogP contribution is 2.19. The predicted octanol–water partition coefficient (Wildman–Crippen LogP) is 1.57. The minimum atomic E-state index is -0.285. The fourth-order valence-electron chi connectivity index (χ4n) is 2.01. The van der Waals surface area contributed by atoms with E-state index in [1.54, 1.807) is 0 Å². The van der Waals surface area contributed by atoms with Gasteiger partial charge in [0.25, 0.3) is 0 Å². The van der Waals surface area contributed by atoms with E-state index in [1.807, 2.05) is 56.1 Å². The molecule has 1 rings (SSSR count). The van der Waals surface area contributed by atoms with Gasteiger partial charge in [-0.2, -0.15) is 0 Å². The third kappa shape index (κ3) is 4.65. The van der Waals surface area contributed by atoms with Gasteiger partial charge in [-0.05, 0) is 32.5 Å². The van der Waals surface area contributed by atoms with Crippen LogP contribution in [0.5, 0.6) is 0 Å². The van der Waals surface area contributed by atoms with E-state index in [4.69, 9.17) is 5.11 Å². The molecular formula is C15H24N2O2. The van der Waals surface area contributed by atoms with Crippen molar-refractivity contribution in [2.75, 3.05) is 20.2 Å². The number of carbonyl (C=O) groups excluding carboxylic acids is 1. The molecule has 0 spiro atoms. The zero-order valence-corrected chi connectivity index (χ0v) is 12.0. The van der Waals surface area contributed by atoms with Crippen molar-refractivity contribution in [3.63, 3.8) is 0 Å². The quantitative estimate of drug-likeness (QED) is 0.786. The number of hydrogen-bond acceptors (Lipinski definition) is 3. The van der Waals surface area contributed by atoms with Gasteiger partial charge in [0.2, 0.25) is 5.91 Å². The van der Waals surface area contributed by atoms with Gasteiger partial charge in [0, 0.05) is 12.6 Å². The minimum absolute atomic E-state index is 0.0171. The molecule has 0 saturated carbocycles. The summed E-state index contributed by atoms with van der Waals surface area (Å²) in [6.07, 6.45) is 0.573. The second-order valence-electron chi connectivity index (χ2n) is 4.81. The Morgan fingerprint density at radius 3 is 2.53 bits per heavy atom. The van der Waals surface area contributed by atoms with Crippen LogP contribution in [0.15, 0.2) is 30.3 Å². The normalized spacial score (nSPS) is 14.2. The topological polar surface area (TPSA) is 52.6 Å². The molecule has 1 aromatic carbocycles. The zero-order valence-electron chi connectivity index (χ0n) is 12.0. The number of nitrogens with one attached hydrogen (secondary N) is 1. The number of benzene rings is 1. The molecular weight excluding hydrogens is 240 g/mol. The Bertz CT molecular complexity index is 381. The van der Waals surface area contributed by atoms with Crippen LogP contribution in [0.1, 0.15) is 31.9 Å². The van der Waals surface area contributed by atoms with Gasteiger partial charge in [0.15, 0.2) is 0 Å². The SMILES string of the molecule is CCN(C)C(C(=O)N[C@H](C)CCO)c1ccccc1. The summed E-state index contributed by atoms with van der Waals surface area (Å²) >= 11 is 0. The molecule has 0 fully saturated rings. The lowest BCUT2D eigenvalue weighted by Gasteiger charge is -2.27. The van der Waals surface area contributed by atoms with Gasteiger partial charge in [0.05, 0.1) is 0 Å². The summed E-state index contributed by atoms with van der Waals surface area (Å²) in [5, 5.41) is 11.9. The van der Waals surface area contributed by atoms with Crippen molar-refractivity contribution in [1.29, 1.82) is 0 Å². The van der Waals surface area contributed by atoms with Crippen molar-refractivity contribution in [3.05, 3.63) is 35.9 Å². The van der Waals surface area contributed by atoms with Crippen molar-refractivity contribution >= 4 is 5.91 Å². The Balaban J connectivity index is 2.83. The second-order valence-corrected chi connectivity index (χ2v) is 4.81. The summed E-state index contributed by atoms with van der Waals surface area (Å²) in [7, 11) is 1.94.